The van der Waals surface area contributed by atoms with Crippen LogP contribution in [0.25, 0.3) is 0 Å². The summed E-state index contributed by atoms with van der Waals surface area (Å²) in [7, 11) is 0. The Morgan fingerprint density at radius 1 is 1.04 bits per heavy atom. The molecular formula is C16H24O8. The molecule has 2 saturated heterocycles. The molecule has 8 nitrogen and oxygen atoms in total. The van der Waals surface area contributed by atoms with Gasteiger partial charge in [0, 0.05) is 12.2 Å². The van der Waals surface area contributed by atoms with Gasteiger partial charge in [0.15, 0.2) is 12.1 Å². The van der Waals surface area contributed by atoms with Crippen LogP contribution in [-0.4, -0.2) is 62.1 Å². The molecule has 2 unspecified atom stereocenters. The zero-order chi connectivity index (χ0) is 17.8. The topological polar surface area (TPSA) is 89.5 Å². The molecule has 24 heavy (non-hydrogen) atoms. The number of carbonyl (C=O) groups is 2. The molecule has 2 atom stereocenters. The van der Waals surface area contributed by atoms with Crippen LogP contribution in [0.15, 0.2) is 12.2 Å². The van der Waals surface area contributed by atoms with Crippen molar-refractivity contribution in [2.24, 2.45) is 0 Å². The van der Waals surface area contributed by atoms with Gasteiger partial charge in [0.05, 0.1) is 18.8 Å². The van der Waals surface area contributed by atoms with Crippen LogP contribution in [0.2, 0.25) is 0 Å². The van der Waals surface area contributed by atoms with E-state index >= 15 is 0 Å². The average molecular weight is 344 g/mol. The Balaban J connectivity index is 1.61. The average Bonchev–Trinajstić information content (AvgIpc) is 3.02. The van der Waals surface area contributed by atoms with Gasteiger partial charge in [-0.2, -0.15) is 0 Å². The summed E-state index contributed by atoms with van der Waals surface area (Å²) in [5, 5.41) is 0. The van der Waals surface area contributed by atoms with Gasteiger partial charge in [0.25, 0.3) is 0 Å². The van der Waals surface area contributed by atoms with Crippen molar-refractivity contribution in [3.8, 4) is 0 Å². The van der Waals surface area contributed by atoms with Crippen LogP contribution >= 0.6 is 0 Å². The number of carbonyl (C=O) groups excluding carboxylic acids is 2. The van der Waals surface area contributed by atoms with Gasteiger partial charge >= 0.3 is 11.9 Å². The Morgan fingerprint density at radius 2 is 1.67 bits per heavy atom. The van der Waals surface area contributed by atoms with Gasteiger partial charge in [0.1, 0.15) is 19.3 Å². The fourth-order valence-corrected chi connectivity index (χ4v) is 2.20. The zero-order valence-electron chi connectivity index (χ0n) is 14.4. The molecule has 0 aromatic rings. The van der Waals surface area contributed by atoms with Crippen LogP contribution in [0.5, 0.6) is 0 Å². The van der Waals surface area contributed by atoms with Crippen LogP contribution in [-0.2, 0) is 38.0 Å². The molecule has 8 heteroatoms. The second-order valence-corrected chi connectivity index (χ2v) is 6.66. The van der Waals surface area contributed by atoms with Crippen molar-refractivity contribution in [3.05, 3.63) is 12.2 Å². The van der Waals surface area contributed by atoms with Gasteiger partial charge in [-0.05, 0) is 27.7 Å². The molecule has 136 valence electrons. The molecule has 0 aromatic heterocycles. The molecule has 2 fully saturated rings. The lowest BCUT2D eigenvalue weighted by atomic mass is 10.2. The first-order valence-corrected chi connectivity index (χ1v) is 7.78. The van der Waals surface area contributed by atoms with Crippen LogP contribution < -0.4 is 0 Å². The molecule has 0 saturated carbocycles. The third-order valence-corrected chi connectivity index (χ3v) is 3.26. The van der Waals surface area contributed by atoms with Crippen LogP contribution in [0, 0.1) is 0 Å². The van der Waals surface area contributed by atoms with Gasteiger partial charge in [-0.3, -0.25) is 0 Å². The van der Waals surface area contributed by atoms with E-state index in [2.05, 4.69) is 0 Å². The highest BCUT2D eigenvalue weighted by Crippen LogP contribution is 2.22. The normalized spacial score (nSPS) is 28.2. The molecule has 0 N–H and O–H groups in total. The van der Waals surface area contributed by atoms with E-state index in [1.165, 1.54) is 0 Å². The first-order chi connectivity index (χ1) is 11.2. The largest absolute Gasteiger partial charge is 0.460 e. The minimum Gasteiger partial charge on any atom is -0.460 e. The minimum atomic E-state index is -0.676. The van der Waals surface area contributed by atoms with Gasteiger partial charge in [-0.1, -0.05) is 0 Å². The summed E-state index contributed by atoms with van der Waals surface area (Å²) in [5.41, 5.74) is -0.392. The third-order valence-electron chi connectivity index (χ3n) is 3.26. The van der Waals surface area contributed by atoms with Gasteiger partial charge in [0.2, 0.25) is 0 Å². The second kappa shape index (κ2) is 7.60. The Labute approximate surface area is 141 Å². The minimum absolute atomic E-state index is 0.0377. The van der Waals surface area contributed by atoms with E-state index in [0.29, 0.717) is 13.2 Å². The quantitative estimate of drug-likeness (QED) is 0.519. The molecule has 0 spiro atoms. The van der Waals surface area contributed by atoms with E-state index in [-0.39, 0.29) is 19.3 Å². The summed E-state index contributed by atoms with van der Waals surface area (Å²) in [4.78, 5) is 23.1. The summed E-state index contributed by atoms with van der Waals surface area (Å²) in [5.74, 6) is -2.00. The number of esters is 2. The van der Waals surface area contributed by atoms with Crippen LogP contribution in [0.4, 0.5) is 0 Å². The molecule has 0 aromatic carbocycles. The second-order valence-electron chi connectivity index (χ2n) is 6.66. The van der Waals surface area contributed by atoms with Gasteiger partial charge < -0.3 is 28.4 Å². The van der Waals surface area contributed by atoms with Crippen molar-refractivity contribution in [2.75, 3.05) is 26.4 Å². The Kier molecular flexibility index (Phi) is 5.97. The summed E-state index contributed by atoms with van der Waals surface area (Å²) < 4.78 is 31.6. The molecule has 0 radical (unpaired) electrons. The molecule has 0 bridgehead atoms. The van der Waals surface area contributed by atoms with E-state index < -0.39 is 29.6 Å². The lowest BCUT2D eigenvalue weighted by Crippen LogP contribution is -2.25. The highest BCUT2D eigenvalue weighted by molar-refractivity contribution is 5.91. The summed E-state index contributed by atoms with van der Waals surface area (Å²) in [6, 6.07) is 0. The van der Waals surface area contributed by atoms with E-state index in [1.54, 1.807) is 13.8 Å². The molecule has 0 amide bonds. The summed E-state index contributed by atoms with van der Waals surface area (Å²) in [6.07, 6.45) is 1.10. The molecular weight excluding hydrogens is 320 g/mol. The third kappa shape index (κ3) is 6.20. The van der Waals surface area contributed by atoms with E-state index in [4.69, 9.17) is 28.4 Å². The van der Waals surface area contributed by atoms with Crippen LogP contribution in [0.1, 0.15) is 27.7 Å². The molecule has 2 aliphatic heterocycles. The highest BCUT2D eigenvalue weighted by atomic mass is 16.8. The fourth-order valence-electron chi connectivity index (χ4n) is 2.20. The monoisotopic (exact) mass is 344 g/mol. The molecule has 2 heterocycles. The van der Waals surface area contributed by atoms with Crippen molar-refractivity contribution < 1.29 is 38.0 Å². The number of hydrogen-bond acceptors (Lipinski definition) is 8. The molecule has 0 aliphatic carbocycles. The van der Waals surface area contributed by atoms with Crippen molar-refractivity contribution in [3.63, 3.8) is 0 Å². The molecule has 2 rings (SSSR count). The van der Waals surface area contributed by atoms with E-state index in [1.807, 2.05) is 13.8 Å². The van der Waals surface area contributed by atoms with Gasteiger partial charge in [-0.15, -0.1) is 0 Å². The number of ether oxygens (including phenoxy) is 6. The van der Waals surface area contributed by atoms with E-state index in [9.17, 15) is 9.59 Å². The maximum absolute atomic E-state index is 11.5. The van der Waals surface area contributed by atoms with Crippen LogP contribution in [0.3, 0.4) is 0 Å². The summed E-state index contributed by atoms with van der Waals surface area (Å²) >= 11 is 0. The number of hydrogen-bond donors (Lipinski definition) is 0. The maximum Gasteiger partial charge on any atom is 0.331 e. The summed E-state index contributed by atoms with van der Waals surface area (Å²) in [6.45, 7) is 8.12. The predicted octanol–water partition coefficient (Wildman–Crippen LogP) is 0.932. The van der Waals surface area contributed by atoms with Gasteiger partial charge in [-0.25, -0.2) is 9.59 Å². The Morgan fingerprint density at radius 3 is 2.17 bits per heavy atom. The molecule has 2 aliphatic rings. The van der Waals surface area contributed by atoms with E-state index in [0.717, 1.165) is 12.2 Å². The lowest BCUT2D eigenvalue weighted by Gasteiger charge is -2.16. The van der Waals surface area contributed by atoms with Crippen molar-refractivity contribution in [2.45, 2.75) is 51.5 Å². The SMILES string of the molecule is CC1(C)COC(COC(=O)C=CC(=O)OCC2COC(C)(C)O2)O1. The smallest absolute Gasteiger partial charge is 0.331 e. The zero-order valence-corrected chi connectivity index (χ0v) is 14.4. The highest BCUT2D eigenvalue weighted by Gasteiger charge is 2.34. The first kappa shape index (κ1) is 18.9. The Hall–Kier alpha value is -1.48. The predicted molar refractivity (Wildman–Crippen MR) is 80.9 cm³/mol. The standard InChI is InChI=1S/C16H24O8/c1-15(2)10-21-14(24-15)9-20-13(18)6-5-12(17)19-7-11-8-22-16(3,4)23-11/h5-6,11,14H,7-10H2,1-4H3. The van der Waals surface area contributed by atoms with Crippen molar-refractivity contribution in [1.29, 1.82) is 0 Å². The Bertz CT molecular complexity index is 452. The fraction of sp³-hybridized carbons (Fsp3) is 0.750. The van der Waals surface area contributed by atoms with Crippen molar-refractivity contribution >= 4 is 11.9 Å². The first-order valence-electron chi connectivity index (χ1n) is 7.78. The number of rotatable bonds is 6. The lowest BCUT2D eigenvalue weighted by molar-refractivity contribution is -0.156. The van der Waals surface area contributed by atoms with Crippen molar-refractivity contribution in [1.82, 2.24) is 0 Å². The maximum atomic E-state index is 11.5.